The largest absolute Gasteiger partial charge is 0.398 e. The molecule has 5 N–H and O–H groups in total. The van der Waals surface area contributed by atoms with Crippen LogP contribution in [0.2, 0.25) is 0 Å². The zero-order valence-electron chi connectivity index (χ0n) is 7.42. The van der Waals surface area contributed by atoms with Crippen LogP contribution in [-0.4, -0.2) is 11.7 Å². The number of nitrogens with two attached hydrogens (primary N) is 2. The molecule has 0 aromatic heterocycles. The quantitative estimate of drug-likeness (QED) is 0.593. The van der Waals surface area contributed by atoms with Gasteiger partial charge in [0.2, 0.25) is 0 Å². The molecule has 0 amide bonds. The van der Waals surface area contributed by atoms with E-state index >= 15 is 0 Å². The van der Waals surface area contributed by atoms with Crippen LogP contribution in [0.5, 0.6) is 0 Å². The number of anilines is 1. The molecule has 0 aliphatic heterocycles. The highest BCUT2D eigenvalue weighted by Gasteiger charge is 2.13. The van der Waals surface area contributed by atoms with Gasteiger partial charge in [-0.25, -0.2) is 4.39 Å². The number of hydrogen-bond acceptors (Lipinski definition) is 3. The molecule has 0 bridgehead atoms. The third-order valence-corrected chi connectivity index (χ3v) is 2.05. The summed E-state index contributed by atoms with van der Waals surface area (Å²) in [5.74, 6) is -0.429. The standard InChI is InChI=1S/C9H13FN2O/c1-5-7(11)3-2-6(9(5)10)8(12)4-13/h2-3,8,13H,4,11-12H2,1H3/t8-/m1/s1. The van der Waals surface area contributed by atoms with E-state index in [1.165, 1.54) is 6.07 Å². The van der Waals surface area contributed by atoms with E-state index in [0.29, 0.717) is 16.8 Å². The van der Waals surface area contributed by atoms with Gasteiger partial charge in [-0.15, -0.1) is 0 Å². The average Bonchev–Trinajstić information content (AvgIpc) is 2.13. The monoisotopic (exact) mass is 184 g/mol. The van der Waals surface area contributed by atoms with Gasteiger partial charge >= 0.3 is 0 Å². The zero-order valence-corrected chi connectivity index (χ0v) is 7.42. The van der Waals surface area contributed by atoms with Gasteiger partial charge in [0.25, 0.3) is 0 Å². The molecule has 13 heavy (non-hydrogen) atoms. The predicted octanol–water partition coefficient (Wildman–Crippen LogP) is 0.708. The van der Waals surface area contributed by atoms with Crippen LogP contribution in [0.25, 0.3) is 0 Å². The summed E-state index contributed by atoms with van der Waals surface area (Å²) < 4.78 is 13.4. The summed E-state index contributed by atoms with van der Waals surface area (Å²) in [6.07, 6.45) is 0. The Bertz CT molecular complexity index is 315. The molecular formula is C9H13FN2O. The highest BCUT2D eigenvalue weighted by molar-refractivity contribution is 5.49. The van der Waals surface area contributed by atoms with Crippen LogP contribution < -0.4 is 11.5 Å². The Labute approximate surface area is 76.2 Å². The Morgan fingerprint density at radius 3 is 2.69 bits per heavy atom. The highest BCUT2D eigenvalue weighted by atomic mass is 19.1. The van der Waals surface area contributed by atoms with Crippen LogP contribution in [0.1, 0.15) is 17.2 Å². The lowest BCUT2D eigenvalue weighted by atomic mass is 10.0. The summed E-state index contributed by atoms with van der Waals surface area (Å²) in [5.41, 5.74) is 12.0. The number of aliphatic hydroxyl groups excluding tert-OH is 1. The maximum atomic E-state index is 13.4. The topological polar surface area (TPSA) is 72.3 Å². The average molecular weight is 184 g/mol. The minimum Gasteiger partial charge on any atom is -0.398 e. The summed E-state index contributed by atoms with van der Waals surface area (Å²) in [5, 5.41) is 8.75. The Morgan fingerprint density at radius 1 is 1.54 bits per heavy atom. The van der Waals surface area contributed by atoms with E-state index in [0.717, 1.165) is 0 Å². The summed E-state index contributed by atoms with van der Waals surface area (Å²) in [6, 6.07) is 2.40. The molecule has 1 aromatic carbocycles. The Kier molecular flexibility index (Phi) is 2.85. The molecule has 0 saturated heterocycles. The third kappa shape index (κ3) is 1.79. The van der Waals surface area contributed by atoms with Crippen molar-refractivity contribution in [3.05, 3.63) is 29.1 Å². The van der Waals surface area contributed by atoms with Gasteiger partial charge in [-0.1, -0.05) is 6.07 Å². The summed E-state index contributed by atoms with van der Waals surface area (Å²) in [7, 11) is 0. The van der Waals surface area contributed by atoms with E-state index in [4.69, 9.17) is 16.6 Å². The van der Waals surface area contributed by atoms with Crippen LogP contribution in [0.15, 0.2) is 12.1 Å². The van der Waals surface area contributed by atoms with Crippen molar-refractivity contribution in [3.8, 4) is 0 Å². The smallest absolute Gasteiger partial charge is 0.133 e. The zero-order chi connectivity index (χ0) is 10.0. The van der Waals surface area contributed by atoms with E-state index in [-0.39, 0.29) is 6.61 Å². The van der Waals surface area contributed by atoms with E-state index in [1.54, 1.807) is 13.0 Å². The first-order valence-corrected chi connectivity index (χ1v) is 3.98. The molecule has 0 radical (unpaired) electrons. The highest BCUT2D eigenvalue weighted by Crippen LogP contribution is 2.22. The molecular weight excluding hydrogens is 171 g/mol. The molecule has 1 aromatic rings. The molecule has 0 aliphatic rings. The fourth-order valence-corrected chi connectivity index (χ4v) is 1.11. The summed E-state index contributed by atoms with van der Waals surface area (Å²) in [4.78, 5) is 0. The SMILES string of the molecule is Cc1c(N)ccc([C@H](N)CO)c1F. The summed E-state index contributed by atoms with van der Waals surface area (Å²) >= 11 is 0. The van der Waals surface area contributed by atoms with Crippen molar-refractivity contribution in [2.24, 2.45) is 5.73 Å². The first-order chi connectivity index (χ1) is 6.07. The molecule has 1 atom stereocenters. The lowest BCUT2D eigenvalue weighted by Crippen LogP contribution is -2.16. The first-order valence-electron chi connectivity index (χ1n) is 3.98. The van der Waals surface area contributed by atoms with Gasteiger partial charge in [-0.05, 0) is 13.0 Å². The second kappa shape index (κ2) is 3.72. The number of halogens is 1. The lowest BCUT2D eigenvalue weighted by Gasteiger charge is -2.12. The van der Waals surface area contributed by atoms with Crippen molar-refractivity contribution in [3.63, 3.8) is 0 Å². The number of rotatable bonds is 2. The van der Waals surface area contributed by atoms with E-state index in [2.05, 4.69) is 0 Å². The minimum atomic E-state index is -0.681. The van der Waals surface area contributed by atoms with Gasteiger partial charge in [-0.2, -0.15) is 0 Å². The normalized spacial score (nSPS) is 12.9. The lowest BCUT2D eigenvalue weighted by molar-refractivity contribution is 0.265. The Balaban J connectivity index is 3.18. The maximum absolute atomic E-state index is 13.4. The predicted molar refractivity (Wildman–Crippen MR) is 49.6 cm³/mol. The van der Waals surface area contributed by atoms with Gasteiger partial charge in [0.1, 0.15) is 5.82 Å². The fourth-order valence-electron chi connectivity index (χ4n) is 1.11. The minimum absolute atomic E-state index is 0.278. The summed E-state index contributed by atoms with van der Waals surface area (Å²) in [6.45, 7) is 1.30. The van der Waals surface area contributed by atoms with Crippen molar-refractivity contribution in [1.29, 1.82) is 0 Å². The van der Waals surface area contributed by atoms with Gasteiger partial charge in [0.05, 0.1) is 12.6 Å². The van der Waals surface area contributed by atoms with Crippen LogP contribution in [0, 0.1) is 12.7 Å². The van der Waals surface area contributed by atoms with Crippen molar-refractivity contribution < 1.29 is 9.50 Å². The second-order valence-corrected chi connectivity index (χ2v) is 2.97. The number of hydrogen-bond donors (Lipinski definition) is 3. The molecule has 0 spiro atoms. The number of nitrogen functional groups attached to an aromatic ring is 1. The van der Waals surface area contributed by atoms with Crippen molar-refractivity contribution >= 4 is 5.69 Å². The van der Waals surface area contributed by atoms with Gasteiger partial charge in [0.15, 0.2) is 0 Å². The van der Waals surface area contributed by atoms with Crippen LogP contribution in [-0.2, 0) is 0 Å². The molecule has 4 heteroatoms. The van der Waals surface area contributed by atoms with Crippen molar-refractivity contribution in [2.45, 2.75) is 13.0 Å². The molecule has 3 nitrogen and oxygen atoms in total. The fraction of sp³-hybridized carbons (Fsp3) is 0.333. The molecule has 1 rings (SSSR count). The van der Waals surface area contributed by atoms with E-state index in [9.17, 15) is 4.39 Å². The van der Waals surface area contributed by atoms with Crippen molar-refractivity contribution in [1.82, 2.24) is 0 Å². The molecule has 0 heterocycles. The number of aliphatic hydroxyl groups is 1. The Morgan fingerprint density at radius 2 is 2.15 bits per heavy atom. The second-order valence-electron chi connectivity index (χ2n) is 2.97. The number of benzene rings is 1. The molecule has 0 saturated carbocycles. The molecule has 0 fully saturated rings. The molecule has 0 aliphatic carbocycles. The van der Waals surface area contributed by atoms with Gasteiger partial charge < -0.3 is 16.6 Å². The van der Waals surface area contributed by atoms with Crippen LogP contribution in [0.3, 0.4) is 0 Å². The van der Waals surface area contributed by atoms with Gasteiger partial charge in [0, 0.05) is 16.8 Å². The van der Waals surface area contributed by atoms with Crippen LogP contribution in [0.4, 0.5) is 10.1 Å². The first kappa shape index (κ1) is 9.95. The molecule has 0 unspecified atom stereocenters. The Hall–Kier alpha value is -1.13. The van der Waals surface area contributed by atoms with E-state index in [1.807, 2.05) is 0 Å². The van der Waals surface area contributed by atoms with Crippen LogP contribution >= 0.6 is 0 Å². The maximum Gasteiger partial charge on any atom is 0.133 e. The van der Waals surface area contributed by atoms with Crippen molar-refractivity contribution in [2.75, 3.05) is 12.3 Å². The molecule has 72 valence electrons. The van der Waals surface area contributed by atoms with E-state index < -0.39 is 11.9 Å². The third-order valence-electron chi connectivity index (χ3n) is 2.05. The van der Waals surface area contributed by atoms with Gasteiger partial charge in [-0.3, -0.25) is 0 Å².